The average Bonchev–Trinajstić information content (AvgIpc) is 2.78. The van der Waals surface area contributed by atoms with Crippen molar-refractivity contribution in [3.05, 3.63) is 83.0 Å². The Balaban J connectivity index is 1.71. The third kappa shape index (κ3) is 5.60. The summed E-state index contributed by atoms with van der Waals surface area (Å²) < 4.78 is 40.9. The Hall–Kier alpha value is -3.41. The summed E-state index contributed by atoms with van der Waals surface area (Å²) in [7, 11) is -2.45. The van der Waals surface area contributed by atoms with Gasteiger partial charge in [-0.2, -0.15) is 13.7 Å². The molecule has 7 nitrogen and oxygen atoms in total. The highest BCUT2D eigenvalue weighted by atomic mass is 32.2. The van der Waals surface area contributed by atoms with Gasteiger partial charge in [-0.15, -0.1) is 0 Å². The van der Waals surface area contributed by atoms with E-state index < -0.39 is 10.1 Å². The van der Waals surface area contributed by atoms with E-state index in [9.17, 15) is 13.7 Å². The van der Waals surface area contributed by atoms with Gasteiger partial charge >= 0.3 is 0 Å². The molecule has 0 radical (unpaired) electrons. The van der Waals surface area contributed by atoms with Crippen LogP contribution in [0.25, 0.3) is 0 Å². The number of hydrogen-bond acceptors (Lipinski definition) is 7. The molecule has 31 heavy (non-hydrogen) atoms. The largest absolute Gasteiger partial charge is 0.495 e. The lowest BCUT2D eigenvalue weighted by Crippen LogP contribution is -2.10. The van der Waals surface area contributed by atoms with Crippen LogP contribution in [-0.4, -0.2) is 27.1 Å². The highest BCUT2D eigenvalue weighted by Gasteiger charge is 2.19. The van der Waals surface area contributed by atoms with Crippen LogP contribution < -0.4 is 9.47 Å². The van der Waals surface area contributed by atoms with Crippen LogP contribution in [0.5, 0.6) is 11.6 Å². The molecule has 0 aliphatic heterocycles. The maximum Gasteiger partial charge on any atom is 0.296 e. The van der Waals surface area contributed by atoms with Gasteiger partial charge in [0, 0.05) is 18.2 Å². The van der Waals surface area contributed by atoms with Gasteiger partial charge in [0.25, 0.3) is 10.1 Å². The fraction of sp³-hybridized carbons (Fsp3) is 0.217. The normalized spacial score (nSPS) is 11.0. The quantitative estimate of drug-likeness (QED) is 0.469. The first-order valence-corrected chi connectivity index (χ1v) is 10.9. The summed E-state index contributed by atoms with van der Waals surface area (Å²) in [5.41, 5.74) is 2.59. The highest BCUT2D eigenvalue weighted by molar-refractivity contribution is 7.86. The third-order valence-corrected chi connectivity index (χ3v) is 5.85. The first-order chi connectivity index (χ1) is 14.9. The molecule has 0 saturated heterocycles. The topological polar surface area (TPSA) is 98.5 Å². The Kier molecular flexibility index (Phi) is 7.23. The standard InChI is InChI=1S/C23H22N2O5S/c1-17-8-10-20(11-9-17)31(26,27)30-13-12-19-15-25-23(21(14-24)22(19)28-2)29-16-18-6-4-3-5-7-18/h3-11,15H,12-13,16H2,1-2H3. The molecule has 0 bridgehead atoms. The Labute approximate surface area is 182 Å². The zero-order chi connectivity index (χ0) is 22.3. The second-order valence-electron chi connectivity index (χ2n) is 6.72. The van der Waals surface area contributed by atoms with Gasteiger partial charge in [0.1, 0.15) is 18.4 Å². The lowest BCUT2D eigenvalue weighted by Gasteiger charge is -2.14. The van der Waals surface area contributed by atoms with E-state index >= 15 is 0 Å². The molecule has 3 aromatic rings. The number of nitriles is 1. The number of nitrogens with zero attached hydrogens (tertiary/aromatic N) is 2. The number of aromatic nitrogens is 1. The summed E-state index contributed by atoms with van der Waals surface area (Å²) in [4.78, 5) is 4.31. The molecule has 1 aromatic heterocycles. The summed E-state index contributed by atoms with van der Waals surface area (Å²) in [5, 5.41) is 9.60. The molecule has 0 amide bonds. The average molecular weight is 439 g/mol. The molecule has 1 heterocycles. The second-order valence-corrected chi connectivity index (χ2v) is 8.34. The van der Waals surface area contributed by atoms with E-state index in [4.69, 9.17) is 13.7 Å². The molecule has 0 atom stereocenters. The van der Waals surface area contributed by atoms with Crippen molar-refractivity contribution in [2.45, 2.75) is 24.8 Å². The molecule has 0 aliphatic rings. The molecular formula is C23H22N2O5S. The molecule has 0 fully saturated rings. The lowest BCUT2D eigenvalue weighted by molar-refractivity contribution is 0.288. The molecule has 3 rings (SSSR count). The van der Waals surface area contributed by atoms with Crippen LogP contribution in [-0.2, 0) is 27.3 Å². The number of rotatable bonds is 9. The minimum atomic E-state index is -3.88. The van der Waals surface area contributed by atoms with E-state index in [2.05, 4.69) is 11.1 Å². The van der Waals surface area contributed by atoms with Crippen molar-refractivity contribution < 1.29 is 22.1 Å². The minimum Gasteiger partial charge on any atom is -0.495 e. The minimum absolute atomic E-state index is 0.0885. The van der Waals surface area contributed by atoms with Crippen LogP contribution in [0.15, 0.2) is 65.7 Å². The predicted octanol–water partition coefficient (Wildman–Crippen LogP) is 3.80. The first kappa shape index (κ1) is 22.3. The predicted molar refractivity (Wildman–Crippen MR) is 114 cm³/mol. The number of benzene rings is 2. The SMILES string of the molecule is COc1c(CCOS(=O)(=O)c2ccc(C)cc2)cnc(OCc2ccccc2)c1C#N. The fourth-order valence-corrected chi connectivity index (χ4v) is 3.81. The van der Waals surface area contributed by atoms with E-state index in [1.54, 1.807) is 12.1 Å². The number of ether oxygens (including phenoxy) is 2. The van der Waals surface area contributed by atoms with E-state index in [0.717, 1.165) is 11.1 Å². The van der Waals surface area contributed by atoms with Crippen molar-refractivity contribution in [2.75, 3.05) is 13.7 Å². The van der Waals surface area contributed by atoms with E-state index in [1.807, 2.05) is 37.3 Å². The van der Waals surface area contributed by atoms with Gasteiger partial charge in [-0.25, -0.2) is 4.98 Å². The van der Waals surface area contributed by atoms with Crippen LogP contribution in [0.3, 0.4) is 0 Å². The Bertz CT molecular complexity index is 1170. The molecule has 8 heteroatoms. The smallest absolute Gasteiger partial charge is 0.296 e. The van der Waals surface area contributed by atoms with Crippen molar-refractivity contribution in [2.24, 2.45) is 0 Å². The van der Waals surface area contributed by atoms with Crippen molar-refractivity contribution in [1.29, 1.82) is 5.26 Å². The molecular weight excluding hydrogens is 416 g/mol. The number of hydrogen-bond donors (Lipinski definition) is 0. The van der Waals surface area contributed by atoms with Gasteiger partial charge in [-0.1, -0.05) is 48.0 Å². The van der Waals surface area contributed by atoms with Gasteiger partial charge in [0.05, 0.1) is 18.6 Å². The number of methoxy groups -OCH3 is 1. The lowest BCUT2D eigenvalue weighted by atomic mass is 10.1. The fourth-order valence-electron chi connectivity index (χ4n) is 2.90. The zero-order valence-corrected chi connectivity index (χ0v) is 18.1. The van der Waals surface area contributed by atoms with Gasteiger partial charge < -0.3 is 9.47 Å². The highest BCUT2D eigenvalue weighted by Crippen LogP contribution is 2.30. The van der Waals surface area contributed by atoms with E-state index in [1.165, 1.54) is 25.4 Å². The summed E-state index contributed by atoms with van der Waals surface area (Å²) in [6.07, 6.45) is 1.69. The van der Waals surface area contributed by atoms with Crippen LogP contribution in [0, 0.1) is 18.3 Å². The Morgan fingerprint density at radius 2 is 1.77 bits per heavy atom. The Morgan fingerprint density at radius 3 is 2.42 bits per heavy atom. The molecule has 160 valence electrons. The van der Waals surface area contributed by atoms with E-state index in [0.29, 0.717) is 5.56 Å². The first-order valence-electron chi connectivity index (χ1n) is 9.53. The summed E-state index contributed by atoms with van der Waals surface area (Å²) >= 11 is 0. The van der Waals surface area contributed by atoms with Gasteiger partial charge in [0.15, 0.2) is 5.56 Å². The van der Waals surface area contributed by atoms with Crippen molar-refractivity contribution in [3.8, 4) is 17.7 Å². The second kappa shape index (κ2) is 10.1. The van der Waals surface area contributed by atoms with Crippen LogP contribution in [0.4, 0.5) is 0 Å². The maximum absolute atomic E-state index is 12.3. The van der Waals surface area contributed by atoms with Crippen molar-refractivity contribution >= 4 is 10.1 Å². The molecule has 0 spiro atoms. The molecule has 0 unspecified atom stereocenters. The Morgan fingerprint density at radius 1 is 1.06 bits per heavy atom. The molecule has 0 saturated carbocycles. The van der Waals surface area contributed by atoms with Crippen LogP contribution >= 0.6 is 0 Å². The van der Waals surface area contributed by atoms with Gasteiger partial charge in [-0.05, 0) is 24.6 Å². The van der Waals surface area contributed by atoms with Crippen molar-refractivity contribution in [1.82, 2.24) is 4.98 Å². The number of aryl methyl sites for hydroxylation is 1. The molecule has 2 aromatic carbocycles. The van der Waals surface area contributed by atoms with Crippen molar-refractivity contribution in [3.63, 3.8) is 0 Å². The zero-order valence-electron chi connectivity index (χ0n) is 17.2. The third-order valence-electron chi connectivity index (χ3n) is 4.52. The van der Waals surface area contributed by atoms with Gasteiger partial charge in [0.2, 0.25) is 5.88 Å². The van der Waals surface area contributed by atoms with Crippen LogP contribution in [0.2, 0.25) is 0 Å². The maximum atomic E-state index is 12.3. The molecule has 0 aliphatic carbocycles. The monoisotopic (exact) mass is 438 g/mol. The summed E-state index contributed by atoms with van der Waals surface area (Å²) in [5.74, 6) is 0.442. The molecule has 0 N–H and O–H groups in total. The van der Waals surface area contributed by atoms with Gasteiger partial charge in [-0.3, -0.25) is 4.18 Å². The van der Waals surface area contributed by atoms with E-state index in [-0.39, 0.29) is 41.7 Å². The number of pyridine rings is 1. The summed E-state index contributed by atoms with van der Waals surface area (Å²) in [6.45, 7) is 2.00. The van der Waals surface area contributed by atoms with Crippen LogP contribution in [0.1, 0.15) is 22.3 Å². The summed E-state index contributed by atoms with van der Waals surface area (Å²) in [6, 6.07) is 18.0.